The van der Waals surface area contributed by atoms with Crippen molar-refractivity contribution in [3.63, 3.8) is 0 Å². The normalized spacial score (nSPS) is 38.7. The zero-order chi connectivity index (χ0) is 21.0. The fourth-order valence-electron chi connectivity index (χ4n) is 6.84. The second-order valence-electron chi connectivity index (χ2n) is 9.88. The molecule has 9 heteroatoms. The summed E-state index contributed by atoms with van der Waals surface area (Å²) in [6, 6.07) is 0.832. The van der Waals surface area contributed by atoms with Crippen LogP contribution >= 0.6 is 11.3 Å². The van der Waals surface area contributed by atoms with Gasteiger partial charge in [0.15, 0.2) is 0 Å². The van der Waals surface area contributed by atoms with E-state index in [0.717, 1.165) is 48.6 Å². The van der Waals surface area contributed by atoms with Gasteiger partial charge >= 0.3 is 0 Å². The van der Waals surface area contributed by atoms with Gasteiger partial charge in [0.2, 0.25) is 5.91 Å². The number of nitriles is 1. The van der Waals surface area contributed by atoms with Crippen LogP contribution in [0.15, 0.2) is 11.6 Å². The van der Waals surface area contributed by atoms with E-state index < -0.39 is 24.9 Å². The molecule has 0 aromatic carbocycles. The molecule has 6 nitrogen and oxygen atoms in total. The maximum atomic E-state index is 13.7. The number of likely N-dealkylation sites (tertiary alicyclic amines) is 1. The van der Waals surface area contributed by atoms with Gasteiger partial charge in [0.25, 0.3) is 5.92 Å². The number of thiazole rings is 1. The number of hydrogen-bond acceptors (Lipinski definition) is 6. The molecule has 2 unspecified atom stereocenters. The van der Waals surface area contributed by atoms with E-state index in [2.05, 4.69) is 15.6 Å². The van der Waals surface area contributed by atoms with Crippen molar-refractivity contribution in [2.24, 2.45) is 11.8 Å². The number of nitrogens with zero attached hydrogens (tertiary/aromatic N) is 3. The smallest absolute Gasteiger partial charge is 0.268 e. The lowest BCUT2D eigenvalue weighted by atomic mass is 9.50. The summed E-state index contributed by atoms with van der Waals surface area (Å²) < 4.78 is 27.4. The number of nitrogens with one attached hydrogen (secondary N) is 2. The molecule has 1 aromatic rings. The predicted molar refractivity (Wildman–Crippen MR) is 108 cm³/mol. The fourth-order valence-corrected chi connectivity index (χ4v) is 7.39. The Kier molecular flexibility index (Phi) is 4.88. The minimum Gasteiger partial charge on any atom is -0.319 e. The number of amides is 1. The molecule has 4 aliphatic carbocycles. The maximum absolute atomic E-state index is 13.7. The molecule has 4 saturated carbocycles. The van der Waals surface area contributed by atoms with Gasteiger partial charge in [-0.05, 0) is 50.4 Å². The Balaban J connectivity index is 1.25. The van der Waals surface area contributed by atoms with Gasteiger partial charge in [-0.3, -0.25) is 4.79 Å². The summed E-state index contributed by atoms with van der Waals surface area (Å²) in [6.45, 7) is 0.137. The van der Waals surface area contributed by atoms with Crippen LogP contribution in [0.4, 0.5) is 8.78 Å². The van der Waals surface area contributed by atoms with Crippen molar-refractivity contribution in [1.29, 1.82) is 5.26 Å². The summed E-state index contributed by atoms with van der Waals surface area (Å²) >= 11 is 1.65. The molecule has 4 bridgehead atoms. The van der Waals surface area contributed by atoms with E-state index in [0.29, 0.717) is 11.8 Å². The zero-order valence-electron chi connectivity index (χ0n) is 16.9. The maximum Gasteiger partial charge on any atom is 0.268 e. The zero-order valence-corrected chi connectivity index (χ0v) is 17.7. The Morgan fingerprint density at radius 1 is 1.23 bits per heavy atom. The van der Waals surface area contributed by atoms with Crippen molar-refractivity contribution in [3.8, 4) is 6.07 Å². The van der Waals surface area contributed by atoms with Crippen LogP contribution in [0.1, 0.15) is 50.0 Å². The molecular formula is C21H27F2N5OS. The van der Waals surface area contributed by atoms with E-state index in [1.807, 2.05) is 17.6 Å². The van der Waals surface area contributed by atoms with Crippen LogP contribution in [-0.4, -0.2) is 51.9 Å². The Hall–Kier alpha value is -1.63. The third kappa shape index (κ3) is 3.74. The first-order valence-electron chi connectivity index (χ1n) is 10.7. The summed E-state index contributed by atoms with van der Waals surface area (Å²) in [5.41, 5.74) is -0.0678. The molecule has 1 amide bonds. The number of carbonyl (C=O) groups excluding carboxylic acids is 1. The lowest BCUT2D eigenvalue weighted by molar-refractivity contribution is -0.133. The Labute approximate surface area is 179 Å². The third-order valence-electron chi connectivity index (χ3n) is 7.51. The predicted octanol–water partition coefficient (Wildman–Crippen LogP) is 2.67. The number of hydrogen-bond donors (Lipinski definition) is 2. The van der Waals surface area contributed by atoms with Gasteiger partial charge < -0.3 is 15.5 Å². The van der Waals surface area contributed by atoms with Gasteiger partial charge in [0, 0.05) is 35.6 Å². The van der Waals surface area contributed by atoms with Crippen LogP contribution in [0.2, 0.25) is 0 Å². The molecule has 1 saturated heterocycles. The van der Waals surface area contributed by atoms with E-state index >= 15 is 0 Å². The minimum atomic E-state index is -2.97. The van der Waals surface area contributed by atoms with E-state index in [-0.39, 0.29) is 23.5 Å². The van der Waals surface area contributed by atoms with Crippen molar-refractivity contribution in [2.45, 2.75) is 74.5 Å². The highest BCUT2D eigenvalue weighted by atomic mass is 32.1. The lowest BCUT2D eigenvalue weighted by Gasteiger charge is -2.62. The molecule has 0 spiro atoms. The quantitative estimate of drug-likeness (QED) is 0.718. The Bertz CT molecular complexity index is 840. The summed E-state index contributed by atoms with van der Waals surface area (Å²) in [6.07, 6.45) is 7.84. The largest absolute Gasteiger partial charge is 0.319 e. The summed E-state index contributed by atoms with van der Waals surface area (Å²) in [7, 11) is 0. The number of carbonyl (C=O) groups is 1. The van der Waals surface area contributed by atoms with Crippen molar-refractivity contribution in [1.82, 2.24) is 20.5 Å². The second kappa shape index (κ2) is 7.21. The van der Waals surface area contributed by atoms with Gasteiger partial charge in [-0.25, -0.2) is 13.8 Å². The fraction of sp³-hybridized carbons (Fsp3) is 0.762. The van der Waals surface area contributed by atoms with Gasteiger partial charge in [-0.15, -0.1) is 11.3 Å². The number of aromatic nitrogens is 1. The molecular weight excluding hydrogens is 408 g/mol. The SMILES string of the molecule is N#C[C@@H]1CC(F)(F)CN1C(=O)CNC12CC3CC(C1)CC(NCc1nccs1)(C3)C2. The monoisotopic (exact) mass is 435 g/mol. The van der Waals surface area contributed by atoms with Gasteiger partial charge in [0.05, 0.1) is 19.2 Å². The molecule has 5 aliphatic rings. The standard InChI is InChI=1S/C21H27F2N5OS/c22-21(23)8-16(9-24)28(13-21)18(29)11-27-20-6-14-3-15(7-20)5-19(4-14,12-20)26-10-17-25-1-2-30-17/h1-2,14-16,26-27H,3-8,10-13H2/t14?,15?,16-,19?,20?/m0/s1. The summed E-state index contributed by atoms with van der Waals surface area (Å²) in [4.78, 5) is 18.2. The highest BCUT2D eigenvalue weighted by Gasteiger charge is 2.57. The van der Waals surface area contributed by atoms with Crippen LogP contribution < -0.4 is 10.6 Å². The highest BCUT2D eigenvalue weighted by Crippen LogP contribution is 2.57. The second-order valence-corrected chi connectivity index (χ2v) is 10.9. The minimum absolute atomic E-state index is 0.0241. The molecule has 3 atom stereocenters. The first-order chi connectivity index (χ1) is 14.3. The molecule has 1 aromatic heterocycles. The number of halogens is 2. The van der Waals surface area contributed by atoms with Crippen LogP contribution in [0.5, 0.6) is 0 Å². The molecule has 2 heterocycles. The van der Waals surface area contributed by atoms with E-state index in [9.17, 15) is 18.8 Å². The van der Waals surface area contributed by atoms with Crippen molar-refractivity contribution >= 4 is 17.2 Å². The van der Waals surface area contributed by atoms with Gasteiger partial charge in [-0.1, -0.05) is 0 Å². The van der Waals surface area contributed by atoms with Crippen LogP contribution in [0.3, 0.4) is 0 Å². The first-order valence-corrected chi connectivity index (χ1v) is 11.6. The van der Waals surface area contributed by atoms with Gasteiger partial charge in [-0.2, -0.15) is 5.26 Å². The molecule has 1 aliphatic heterocycles. The van der Waals surface area contributed by atoms with Crippen LogP contribution in [0.25, 0.3) is 0 Å². The molecule has 162 valence electrons. The van der Waals surface area contributed by atoms with Crippen LogP contribution in [0, 0.1) is 23.2 Å². The average molecular weight is 436 g/mol. The molecule has 30 heavy (non-hydrogen) atoms. The Morgan fingerprint density at radius 3 is 2.57 bits per heavy atom. The third-order valence-corrected chi connectivity index (χ3v) is 8.29. The topological polar surface area (TPSA) is 81.0 Å². The van der Waals surface area contributed by atoms with E-state index in [1.165, 1.54) is 6.42 Å². The summed E-state index contributed by atoms with van der Waals surface area (Å²) in [5.74, 6) is -2.11. The molecule has 0 radical (unpaired) electrons. The molecule has 2 N–H and O–H groups in total. The molecule has 6 rings (SSSR count). The molecule has 5 fully saturated rings. The van der Waals surface area contributed by atoms with Crippen molar-refractivity contribution < 1.29 is 13.6 Å². The number of rotatable bonds is 6. The first kappa shape index (κ1) is 20.3. The van der Waals surface area contributed by atoms with Crippen molar-refractivity contribution in [3.05, 3.63) is 16.6 Å². The Morgan fingerprint density at radius 2 is 1.93 bits per heavy atom. The number of alkyl halides is 2. The highest BCUT2D eigenvalue weighted by molar-refractivity contribution is 7.09. The van der Waals surface area contributed by atoms with Gasteiger partial charge in [0.1, 0.15) is 11.0 Å². The van der Waals surface area contributed by atoms with Crippen molar-refractivity contribution in [2.75, 3.05) is 13.1 Å². The van der Waals surface area contributed by atoms with E-state index in [4.69, 9.17) is 0 Å². The lowest BCUT2D eigenvalue weighted by Crippen LogP contribution is -2.69. The average Bonchev–Trinajstić information content (AvgIpc) is 3.30. The van der Waals surface area contributed by atoms with E-state index in [1.54, 1.807) is 11.3 Å². The summed E-state index contributed by atoms with van der Waals surface area (Å²) in [5, 5.41) is 19.5. The van der Waals surface area contributed by atoms with Crippen LogP contribution in [-0.2, 0) is 11.3 Å².